The summed E-state index contributed by atoms with van der Waals surface area (Å²) < 4.78 is 5.58. The number of aromatic nitrogens is 1. The van der Waals surface area contributed by atoms with E-state index in [9.17, 15) is 9.90 Å². The summed E-state index contributed by atoms with van der Waals surface area (Å²) >= 11 is 0. The predicted octanol–water partition coefficient (Wildman–Crippen LogP) is 2.51. The van der Waals surface area contributed by atoms with Crippen LogP contribution in [0, 0.1) is 0 Å². The first-order chi connectivity index (χ1) is 13.4. The van der Waals surface area contributed by atoms with Crippen LogP contribution in [0.25, 0.3) is 5.70 Å². The largest absolute Gasteiger partial charge is 0.491 e. The Hall–Kier alpha value is -2.86. The molecule has 6 heteroatoms. The molecule has 3 N–H and O–H groups in total. The molecule has 0 saturated heterocycles. The maximum absolute atomic E-state index is 12.2. The van der Waals surface area contributed by atoms with E-state index < -0.39 is 6.10 Å². The van der Waals surface area contributed by atoms with E-state index in [0.29, 0.717) is 23.9 Å². The molecule has 1 aromatic heterocycles. The lowest BCUT2D eigenvalue weighted by molar-refractivity contribution is 0.0958. The number of hydrogen-bond acceptors (Lipinski definition) is 5. The molecule has 0 spiro atoms. The minimum Gasteiger partial charge on any atom is -0.491 e. The minimum atomic E-state index is -0.526. The molecular formula is C22H27N3O3. The monoisotopic (exact) mass is 381 g/mol. The molecule has 1 aliphatic rings. The molecule has 1 aromatic carbocycles. The molecule has 0 aliphatic heterocycles. The fraction of sp³-hybridized carbons (Fsp3) is 0.364. The molecule has 6 nitrogen and oxygen atoms in total. The van der Waals surface area contributed by atoms with Gasteiger partial charge in [0.1, 0.15) is 18.1 Å². The quantitative estimate of drug-likeness (QED) is 0.622. The summed E-state index contributed by atoms with van der Waals surface area (Å²) in [5.41, 5.74) is 3.84. The van der Waals surface area contributed by atoms with Crippen LogP contribution in [0.4, 0.5) is 0 Å². The second-order valence-electron chi connectivity index (χ2n) is 7.19. The van der Waals surface area contributed by atoms with Crippen molar-refractivity contribution in [3.8, 4) is 5.75 Å². The molecule has 1 fully saturated rings. The molecule has 28 heavy (non-hydrogen) atoms. The number of ether oxygens (including phenoxy) is 1. The van der Waals surface area contributed by atoms with E-state index in [4.69, 9.17) is 4.74 Å². The van der Waals surface area contributed by atoms with Crippen LogP contribution >= 0.6 is 0 Å². The van der Waals surface area contributed by atoms with Crippen molar-refractivity contribution in [3.05, 3.63) is 65.5 Å². The Balaban J connectivity index is 1.82. The second-order valence-corrected chi connectivity index (χ2v) is 7.19. The summed E-state index contributed by atoms with van der Waals surface area (Å²) in [5, 5.41) is 15.4. The normalized spacial score (nSPS) is 14.2. The molecule has 0 radical (unpaired) electrons. The van der Waals surface area contributed by atoms with Crippen LogP contribution in [-0.2, 0) is 6.42 Å². The van der Waals surface area contributed by atoms with Crippen molar-refractivity contribution in [3.63, 3.8) is 0 Å². The highest BCUT2D eigenvalue weighted by molar-refractivity contribution is 5.93. The van der Waals surface area contributed by atoms with Crippen molar-refractivity contribution in [2.24, 2.45) is 0 Å². The number of carbonyl (C=O) groups excluding carboxylic acids is 1. The lowest BCUT2D eigenvalue weighted by Gasteiger charge is -2.13. The van der Waals surface area contributed by atoms with Gasteiger partial charge in [0.2, 0.25) is 0 Å². The highest BCUT2D eigenvalue weighted by Gasteiger charge is 2.22. The summed E-state index contributed by atoms with van der Waals surface area (Å²) in [5.74, 6) is 0.470. The van der Waals surface area contributed by atoms with Crippen LogP contribution in [0.2, 0.25) is 0 Å². The van der Waals surface area contributed by atoms with Crippen molar-refractivity contribution < 1.29 is 14.6 Å². The molecule has 1 atom stereocenters. The standard InChI is InChI=1S/C22H27N3O3/c1-14(26)13-28-20-6-4-5-16(10-20)9-19-11-17(15(2)24-18-7-8-18)12-21(25-19)22(27)23-3/h4-6,10-12,14,18,24,26H,2,7-9,13H2,1,3H3,(H,23,27)/t14-/m1/s1. The van der Waals surface area contributed by atoms with Crippen molar-refractivity contribution in [2.75, 3.05) is 13.7 Å². The van der Waals surface area contributed by atoms with Crippen molar-refractivity contribution >= 4 is 11.6 Å². The van der Waals surface area contributed by atoms with Gasteiger partial charge in [-0.05, 0) is 49.6 Å². The van der Waals surface area contributed by atoms with Crippen molar-refractivity contribution in [1.82, 2.24) is 15.6 Å². The third-order valence-corrected chi connectivity index (χ3v) is 4.42. The van der Waals surface area contributed by atoms with Gasteiger partial charge in [-0.2, -0.15) is 0 Å². The fourth-order valence-electron chi connectivity index (χ4n) is 2.83. The summed E-state index contributed by atoms with van der Waals surface area (Å²) in [4.78, 5) is 16.7. The van der Waals surface area contributed by atoms with E-state index in [2.05, 4.69) is 22.2 Å². The van der Waals surface area contributed by atoms with Gasteiger partial charge < -0.3 is 20.5 Å². The Morgan fingerprint density at radius 3 is 2.82 bits per heavy atom. The topological polar surface area (TPSA) is 83.5 Å². The highest BCUT2D eigenvalue weighted by atomic mass is 16.5. The summed E-state index contributed by atoms with van der Waals surface area (Å²) in [6, 6.07) is 11.9. The van der Waals surface area contributed by atoms with Gasteiger partial charge in [0, 0.05) is 36.5 Å². The molecule has 1 heterocycles. The Morgan fingerprint density at radius 2 is 2.14 bits per heavy atom. The molecule has 3 rings (SSSR count). The van der Waals surface area contributed by atoms with Crippen LogP contribution in [0.3, 0.4) is 0 Å². The first kappa shape index (κ1) is 19.9. The zero-order valence-electron chi connectivity index (χ0n) is 16.4. The van der Waals surface area contributed by atoms with E-state index >= 15 is 0 Å². The Bertz CT molecular complexity index is 860. The Kier molecular flexibility index (Phi) is 6.31. The molecule has 0 unspecified atom stereocenters. The Morgan fingerprint density at radius 1 is 1.36 bits per heavy atom. The van der Waals surface area contributed by atoms with E-state index in [-0.39, 0.29) is 12.5 Å². The number of benzene rings is 1. The smallest absolute Gasteiger partial charge is 0.269 e. The average Bonchev–Trinajstić information content (AvgIpc) is 3.49. The predicted molar refractivity (Wildman–Crippen MR) is 109 cm³/mol. The minimum absolute atomic E-state index is 0.226. The molecule has 2 aromatic rings. The molecule has 1 saturated carbocycles. The molecule has 1 amide bonds. The van der Waals surface area contributed by atoms with E-state index in [0.717, 1.165) is 35.4 Å². The van der Waals surface area contributed by atoms with E-state index in [1.54, 1.807) is 20.0 Å². The zero-order valence-corrected chi connectivity index (χ0v) is 16.4. The van der Waals surface area contributed by atoms with Crippen LogP contribution in [0.1, 0.15) is 47.1 Å². The zero-order chi connectivity index (χ0) is 20.1. The molecule has 148 valence electrons. The van der Waals surface area contributed by atoms with Gasteiger partial charge in [0.25, 0.3) is 5.91 Å². The third kappa shape index (κ3) is 5.57. The second kappa shape index (κ2) is 8.89. The number of carbonyl (C=O) groups is 1. The number of pyridine rings is 1. The number of nitrogens with one attached hydrogen (secondary N) is 2. The van der Waals surface area contributed by atoms with Gasteiger partial charge in [-0.1, -0.05) is 18.7 Å². The van der Waals surface area contributed by atoms with Crippen LogP contribution < -0.4 is 15.4 Å². The van der Waals surface area contributed by atoms with Crippen LogP contribution in [0.15, 0.2) is 43.0 Å². The molecule has 0 bridgehead atoms. The van der Waals surface area contributed by atoms with Crippen LogP contribution in [-0.4, -0.2) is 41.8 Å². The lowest BCUT2D eigenvalue weighted by Crippen LogP contribution is -2.21. The Labute approximate surface area is 165 Å². The first-order valence-corrected chi connectivity index (χ1v) is 9.53. The SMILES string of the molecule is C=C(NC1CC1)c1cc(Cc2cccc(OC[C@@H](C)O)c2)nc(C(=O)NC)c1. The number of rotatable bonds is 9. The van der Waals surface area contributed by atoms with Gasteiger partial charge in [-0.25, -0.2) is 4.98 Å². The van der Waals surface area contributed by atoms with Crippen molar-refractivity contribution in [1.29, 1.82) is 0 Å². The van der Waals surface area contributed by atoms with Gasteiger partial charge >= 0.3 is 0 Å². The summed E-state index contributed by atoms with van der Waals surface area (Å²) in [6.45, 7) is 6.04. The lowest BCUT2D eigenvalue weighted by atomic mass is 10.0. The van der Waals surface area contributed by atoms with Gasteiger partial charge in [0.05, 0.1) is 6.10 Å². The molecule has 1 aliphatic carbocycles. The maximum Gasteiger partial charge on any atom is 0.269 e. The first-order valence-electron chi connectivity index (χ1n) is 9.53. The summed E-state index contributed by atoms with van der Waals surface area (Å²) in [6.07, 6.45) is 2.33. The summed E-state index contributed by atoms with van der Waals surface area (Å²) in [7, 11) is 1.59. The number of aliphatic hydroxyl groups is 1. The van der Waals surface area contributed by atoms with Crippen LogP contribution in [0.5, 0.6) is 5.75 Å². The van der Waals surface area contributed by atoms with E-state index in [1.807, 2.05) is 30.3 Å². The number of hydrogen-bond donors (Lipinski definition) is 3. The maximum atomic E-state index is 12.2. The van der Waals surface area contributed by atoms with Gasteiger partial charge in [-0.3, -0.25) is 4.79 Å². The average molecular weight is 381 g/mol. The number of aliphatic hydroxyl groups excluding tert-OH is 1. The molecular weight excluding hydrogens is 354 g/mol. The fourth-order valence-corrected chi connectivity index (χ4v) is 2.83. The number of nitrogens with zero attached hydrogens (tertiary/aromatic N) is 1. The van der Waals surface area contributed by atoms with Gasteiger partial charge in [-0.15, -0.1) is 0 Å². The highest BCUT2D eigenvalue weighted by Crippen LogP contribution is 2.24. The van der Waals surface area contributed by atoms with Crippen molar-refractivity contribution in [2.45, 2.75) is 38.3 Å². The number of amides is 1. The van der Waals surface area contributed by atoms with E-state index in [1.165, 1.54) is 0 Å². The van der Waals surface area contributed by atoms with Gasteiger partial charge in [0.15, 0.2) is 0 Å². The third-order valence-electron chi connectivity index (χ3n) is 4.42.